The topological polar surface area (TPSA) is 87.7 Å². The summed E-state index contributed by atoms with van der Waals surface area (Å²) in [4.78, 5) is 22.9. The van der Waals surface area contributed by atoms with Crippen molar-refractivity contribution >= 4 is 17.7 Å². The summed E-state index contributed by atoms with van der Waals surface area (Å²) in [6.45, 7) is 5.53. The van der Waals surface area contributed by atoms with E-state index in [-0.39, 0.29) is 6.54 Å². The van der Waals surface area contributed by atoms with E-state index in [4.69, 9.17) is 4.74 Å². The minimum absolute atomic E-state index is 0.199. The van der Waals surface area contributed by atoms with Crippen LogP contribution in [0, 0.1) is 0 Å². The summed E-state index contributed by atoms with van der Waals surface area (Å²) in [5.74, 6) is -0.412. The maximum Gasteiger partial charge on any atom is 0.412 e. The molecule has 1 aromatic carbocycles. The molecule has 0 saturated carbocycles. The van der Waals surface area contributed by atoms with E-state index in [0.717, 1.165) is 0 Å². The molecular weight excluding hydrogens is 260 g/mol. The van der Waals surface area contributed by atoms with Crippen LogP contribution in [-0.4, -0.2) is 29.3 Å². The number of carbonyl (C=O) groups is 2. The first-order chi connectivity index (χ1) is 9.21. The first-order valence-corrected chi connectivity index (χ1v) is 6.32. The molecule has 6 heteroatoms. The number of rotatable bonds is 2. The number of nitrogens with one attached hydrogen (secondary N) is 2. The minimum Gasteiger partial charge on any atom is -0.444 e. The summed E-state index contributed by atoms with van der Waals surface area (Å²) in [5, 5.41) is 15.1. The SMILES string of the molecule is CC(C)(C)OC(=O)Nc1ccc(C2(O)CNC2=O)cc1. The Hall–Kier alpha value is -2.08. The van der Waals surface area contributed by atoms with Crippen LogP contribution in [0.3, 0.4) is 0 Å². The standard InChI is InChI=1S/C14H18N2O4/c1-13(2,3)20-12(18)16-10-6-4-9(5-7-10)14(19)8-15-11(14)17/h4-7,19H,8H2,1-3H3,(H,15,17)(H,16,18). The van der Waals surface area contributed by atoms with Gasteiger partial charge in [0.2, 0.25) is 0 Å². The summed E-state index contributed by atoms with van der Waals surface area (Å²) in [6.07, 6.45) is -0.551. The van der Waals surface area contributed by atoms with Gasteiger partial charge in [-0.3, -0.25) is 10.1 Å². The Kier molecular flexibility index (Phi) is 3.43. The lowest BCUT2D eigenvalue weighted by molar-refractivity contribution is -0.153. The Morgan fingerprint density at radius 2 is 1.95 bits per heavy atom. The highest BCUT2D eigenvalue weighted by molar-refractivity contribution is 5.92. The number of carbonyl (C=O) groups excluding carboxylic acids is 2. The van der Waals surface area contributed by atoms with Gasteiger partial charge in [0.15, 0.2) is 5.60 Å². The van der Waals surface area contributed by atoms with E-state index >= 15 is 0 Å². The van der Waals surface area contributed by atoms with Gasteiger partial charge in [-0.2, -0.15) is 0 Å². The Labute approximate surface area is 117 Å². The van der Waals surface area contributed by atoms with Crippen molar-refractivity contribution in [3.63, 3.8) is 0 Å². The van der Waals surface area contributed by atoms with Crippen molar-refractivity contribution in [2.75, 3.05) is 11.9 Å². The molecule has 1 atom stereocenters. The summed E-state index contributed by atoms with van der Waals surface area (Å²) in [6, 6.07) is 6.43. The molecule has 1 heterocycles. The van der Waals surface area contributed by atoms with Gasteiger partial charge in [0, 0.05) is 5.69 Å². The first kappa shape index (κ1) is 14.3. The zero-order chi connectivity index (χ0) is 15.0. The lowest BCUT2D eigenvalue weighted by Gasteiger charge is -2.36. The van der Waals surface area contributed by atoms with E-state index in [1.54, 1.807) is 45.0 Å². The molecule has 1 aliphatic heterocycles. The molecule has 1 aliphatic rings. The quantitative estimate of drug-likeness (QED) is 0.713. The molecule has 1 saturated heterocycles. The third kappa shape index (κ3) is 2.91. The van der Waals surface area contributed by atoms with E-state index in [1.807, 2.05) is 0 Å². The molecule has 3 N–H and O–H groups in total. The Balaban J connectivity index is 2.02. The molecule has 2 amide bonds. The lowest BCUT2D eigenvalue weighted by atomic mass is 9.87. The Bertz CT molecular complexity index is 533. The van der Waals surface area contributed by atoms with Gasteiger partial charge in [0.25, 0.3) is 5.91 Å². The van der Waals surface area contributed by atoms with Crippen LogP contribution in [0.15, 0.2) is 24.3 Å². The number of amides is 2. The van der Waals surface area contributed by atoms with Crippen LogP contribution in [0.5, 0.6) is 0 Å². The second-order valence-electron chi connectivity index (χ2n) is 5.75. The average Bonchev–Trinajstić information content (AvgIpc) is 2.34. The van der Waals surface area contributed by atoms with Gasteiger partial charge in [-0.15, -0.1) is 0 Å². The molecule has 0 aromatic heterocycles. The highest BCUT2D eigenvalue weighted by Gasteiger charge is 2.45. The normalized spacial score (nSPS) is 21.7. The number of hydrogen-bond acceptors (Lipinski definition) is 4. The van der Waals surface area contributed by atoms with Crippen LogP contribution in [0.1, 0.15) is 26.3 Å². The van der Waals surface area contributed by atoms with E-state index in [1.165, 1.54) is 0 Å². The van der Waals surface area contributed by atoms with Crippen molar-refractivity contribution in [1.82, 2.24) is 5.32 Å². The van der Waals surface area contributed by atoms with Gasteiger partial charge in [-0.25, -0.2) is 4.79 Å². The molecule has 0 bridgehead atoms. The number of benzene rings is 1. The third-order valence-corrected chi connectivity index (χ3v) is 2.89. The monoisotopic (exact) mass is 278 g/mol. The number of anilines is 1. The Morgan fingerprint density at radius 3 is 2.35 bits per heavy atom. The van der Waals surface area contributed by atoms with Gasteiger partial charge >= 0.3 is 6.09 Å². The second-order valence-corrected chi connectivity index (χ2v) is 5.75. The van der Waals surface area contributed by atoms with Crippen LogP contribution in [-0.2, 0) is 15.1 Å². The molecule has 6 nitrogen and oxygen atoms in total. The van der Waals surface area contributed by atoms with Crippen LogP contribution in [0.4, 0.5) is 10.5 Å². The summed E-state index contributed by atoms with van der Waals surface area (Å²) in [7, 11) is 0. The zero-order valence-electron chi connectivity index (χ0n) is 11.7. The molecule has 1 aromatic rings. The van der Waals surface area contributed by atoms with Crippen molar-refractivity contribution in [2.24, 2.45) is 0 Å². The highest BCUT2D eigenvalue weighted by Crippen LogP contribution is 2.27. The number of hydrogen-bond donors (Lipinski definition) is 3. The summed E-state index contributed by atoms with van der Waals surface area (Å²) >= 11 is 0. The maximum atomic E-state index is 11.6. The maximum absolute atomic E-state index is 11.6. The van der Waals surface area contributed by atoms with Gasteiger partial charge in [-0.05, 0) is 38.5 Å². The van der Waals surface area contributed by atoms with Gasteiger partial charge in [-0.1, -0.05) is 12.1 Å². The first-order valence-electron chi connectivity index (χ1n) is 6.32. The molecule has 0 radical (unpaired) electrons. The molecule has 1 unspecified atom stereocenters. The molecule has 2 rings (SSSR count). The van der Waals surface area contributed by atoms with E-state index in [0.29, 0.717) is 11.3 Å². The zero-order valence-corrected chi connectivity index (χ0v) is 11.7. The summed E-state index contributed by atoms with van der Waals surface area (Å²) < 4.78 is 5.13. The minimum atomic E-state index is -1.45. The molecule has 20 heavy (non-hydrogen) atoms. The van der Waals surface area contributed by atoms with Crippen molar-refractivity contribution in [3.8, 4) is 0 Å². The molecule has 0 aliphatic carbocycles. The van der Waals surface area contributed by atoms with Crippen LogP contribution >= 0.6 is 0 Å². The molecule has 108 valence electrons. The third-order valence-electron chi connectivity index (χ3n) is 2.89. The van der Waals surface area contributed by atoms with Gasteiger partial charge in [0.1, 0.15) is 5.60 Å². The molecule has 1 fully saturated rings. The second kappa shape index (κ2) is 4.79. The number of aliphatic hydroxyl groups is 1. The molecular formula is C14H18N2O4. The average molecular weight is 278 g/mol. The van der Waals surface area contributed by atoms with Gasteiger partial charge < -0.3 is 15.2 Å². The smallest absolute Gasteiger partial charge is 0.412 e. The van der Waals surface area contributed by atoms with Crippen molar-refractivity contribution in [3.05, 3.63) is 29.8 Å². The number of β-lactam (4-membered cyclic amide) rings is 1. The predicted octanol–water partition coefficient (Wildman–Crippen LogP) is 1.35. The van der Waals surface area contributed by atoms with Crippen LogP contribution in [0.25, 0.3) is 0 Å². The number of ether oxygens (including phenoxy) is 1. The van der Waals surface area contributed by atoms with Crippen molar-refractivity contribution < 1.29 is 19.4 Å². The fraction of sp³-hybridized carbons (Fsp3) is 0.429. The van der Waals surface area contributed by atoms with Crippen LogP contribution < -0.4 is 10.6 Å². The predicted molar refractivity (Wildman–Crippen MR) is 73.2 cm³/mol. The van der Waals surface area contributed by atoms with Crippen LogP contribution in [0.2, 0.25) is 0 Å². The Morgan fingerprint density at radius 1 is 1.35 bits per heavy atom. The number of β-amino-alcohol motifs (C(OH)–C–C–N with tert-alkyl or cyclic N) is 1. The fourth-order valence-electron chi connectivity index (χ4n) is 1.81. The van der Waals surface area contributed by atoms with E-state index in [2.05, 4.69) is 10.6 Å². The molecule has 0 spiro atoms. The van der Waals surface area contributed by atoms with Gasteiger partial charge in [0.05, 0.1) is 6.54 Å². The fourth-order valence-corrected chi connectivity index (χ4v) is 1.81. The van der Waals surface area contributed by atoms with E-state index < -0.39 is 23.2 Å². The van der Waals surface area contributed by atoms with Crippen molar-refractivity contribution in [1.29, 1.82) is 0 Å². The highest BCUT2D eigenvalue weighted by atomic mass is 16.6. The van der Waals surface area contributed by atoms with E-state index in [9.17, 15) is 14.7 Å². The lowest BCUT2D eigenvalue weighted by Crippen LogP contribution is -2.62. The van der Waals surface area contributed by atoms with Crippen molar-refractivity contribution in [2.45, 2.75) is 32.0 Å². The summed E-state index contributed by atoms with van der Waals surface area (Å²) in [5.41, 5.74) is -0.990. The largest absolute Gasteiger partial charge is 0.444 e.